The van der Waals surface area contributed by atoms with Crippen LogP contribution in [0.5, 0.6) is 0 Å². The third-order valence-electron chi connectivity index (χ3n) is 2.45. The van der Waals surface area contributed by atoms with Gasteiger partial charge in [0, 0.05) is 22.4 Å². The van der Waals surface area contributed by atoms with Crippen molar-refractivity contribution in [3.8, 4) is 0 Å². The van der Waals surface area contributed by atoms with E-state index in [1.165, 1.54) is 6.42 Å². The molecule has 1 heterocycles. The minimum Gasteiger partial charge on any atom is -0.314 e. The van der Waals surface area contributed by atoms with Gasteiger partial charge in [-0.25, -0.2) is 0 Å². The zero-order valence-corrected chi connectivity index (χ0v) is 11.7. The van der Waals surface area contributed by atoms with Gasteiger partial charge in [-0.05, 0) is 53.8 Å². The summed E-state index contributed by atoms with van der Waals surface area (Å²) in [5.74, 6) is 0.713. The molecule has 0 bridgehead atoms. The molecular formula is C12H18INO. The summed E-state index contributed by atoms with van der Waals surface area (Å²) in [6, 6.07) is 1.72. The lowest BCUT2D eigenvalue weighted by Crippen LogP contribution is -2.20. The monoisotopic (exact) mass is 319 g/mol. The van der Waals surface area contributed by atoms with Crippen molar-refractivity contribution >= 4 is 22.6 Å². The largest absolute Gasteiger partial charge is 0.314 e. The smallest absolute Gasteiger partial charge is 0.250 e. The van der Waals surface area contributed by atoms with E-state index in [9.17, 15) is 4.79 Å². The number of aromatic nitrogens is 1. The molecule has 0 fully saturated rings. The highest BCUT2D eigenvalue weighted by molar-refractivity contribution is 14.1. The topological polar surface area (TPSA) is 22.0 Å². The van der Waals surface area contributed by atoms with E-state index in [-0.39, 0.29) is 5.56 Å². The quantitative estimate of drug-likeness (QED) is 0.781. The molecule has 0 unspecified atom stereocenters. The fraction of sp³-hybridized carbons (Fsp3) is 0.583. The van der Waals surface area contributed by atoms with Crippen LogP contribution in [0, 0.1) is 16.4 Å². The van der Waals surface area contributed by atoms with Crippen LogP contribution in [0.1, 0.15) is 32.3 Å². The molecule has 15 heavy (non-hydrogen) atoms. The third-order valence-corrected chi connectivity index (χ3v) is 3.58. The number of nitrogens with zero attached hydrogens (tertiary/aromatic N) is 1. The van der Waals surface area contributed by atoms with Crippen molar-refractivity contribution in [2.75, 3.05) is 0 Å². The molecule has 1 aromatic rings. The Balaban J connectivity index is 2.69. The van der Waals surface area contributed by atoms with E-state index in [4.69, 9.17) is 0 Å². The van der Waals surface area contributed by atoms with Gasteiger partial charge >= 0.3 is 0 Å². The number of hydrogen-bond acceptors (Lipinski definition) is 1. The summed E-state index contributed by atoms with van der Waals surface area (Å²) in [6.45, 7) is 7.23. The zero-order valence-electron chi connectivity index (χ0n) is 9.59. The number of halogens is 1. The molecule has 3 heteroatoms. The maximum Gasteiger partial charge on any atom is 0.250 e. The van der Waals surface area contributed by atoms with E-state index in [0.717, 1.165) is 22.1 Å². The molecular weight excluding hydrogens is 301 g/mol. The Bertz CT molecular complexity index is 382. The molecule has 0 saturated carbocycles. The Morgan fingerprint density at radius 1 is 1.47 bits per heavy atom. The Hall–Kier alpha value is -0.320. The first-order valence-electron chi connectivity index (χ1n) is 5.37. The standard InChI is InChI=1S/C12H18INO/c1-9(2)5-4-6-14-8-11(13)10(3)7-12(14)15/h7-9H,4-6H2,1-3H3. The Morgan fingerprint density at radius 2 is 2.13 bits per heavy atom. The molecule has 0 amide bonds. The molecule has 0 saturated heterocycles. The van der Waals surface area contributed by atoms with Crippen LogP contribution in [0.2, 0.25) is 0 Å². The summed E-state index contributed by atoms with van der Waals surface area (Å²) in [5, 5.41) is 0. The van der Waals surface area contributed by atoms with Crippen LogP contribution in [0.15, 0.2) is 17.1 Å². The summed E-state index contributed by atoms with van der Waals surface area (Å²) >= 11 is 2.27. The average molecular weight is 319 g/mol. The molecule has 84 valence electrons. The second-order valence-electron chi connectivity index (χ2n) is 4.37. The minimum atomic E-state index is 0.122. The fourth-order valence-corrected chi connectivity index (χ4v) is 1.98. The van der Waals surface area contributed by atoms with E-state index in [1.54, 1.807) is 6.07 Å². The predicted octanol–water partition coefficient (Wildman–Crippen LogP) is 3.20. The highest BCUT2D eigenvalue weighted by atomic mass is 127. The summed E-state index contributed by atoms with van der Waals surface area (Å²) < 4.78 is 2.98. The summed E-state index contributed by atoms with van der Waals surface area (Å²) in [6.07, 6.45) is 4.21. The Morgan fingerprint density at radius 3 is 2.73 bits per heavy atom. The first-order chi connectivity index (χ1) is 7.00. The molecule has 0 aliphatic rings. The third kappa shape index (κ3) is 3.97. The Kier molecular flexibility index (Phi) is 4.83. The van der Waals surface area contributed by atoms with Crippen LogP contribution in [-0.4, -0.2) is 4.57 Å². The fourth-order valence-electron chi connectivity index (χ4n) is 1.48. The summed E-state index contributed by atoms with van der Waals surface area (Å²) in [5.41, 5.74) is 1.19. The van der Waals surface area contributed by atoms with Gasteiger partial charge in [0.15, 0.2) is 0 Å². The maximum absolute atomic E-state index is 11.6. The van der Waals surface area contributed by atoms with Crippen LogP contribution in [0.25, 0.3) is 0 Å². The second-order valence-corrected chi connectivity index (χ2v) is 5.53. The van der Waals surface area contributed by atoms with Gasteiger partial charge in [0.2, 0.25) is 0 Å². The molecule has 2 nitrogen and oxygen atoms in total. The number of rotatable bonds is 4. The lowest BCUT2D eigenvalue weighted by Gasteiger charge is -2.08. The van der Waals surface area contributed by atoms with Gasteiger partial charge in [-0.2, -0.15) is 0 Å². The normalized spacial score (nSPS) is 11.0. The zero-order chi connectivity index (χ0) is 11.4. The van der Waals surface area contributed by atoms with Gasteiger partial charge in [-0.1, -0.05) is 13.8 Å². The highest BCUT2D eigenvalue weighted by Crippen LogP contribution is 2.09. The van der Waals surface area contributed by atoms with Crippen LogP contribution in [0.3, 0.4) is 0 Å². The van der Waals surface area contributed by atoms with Gasteiger partial charge in [-0.3, -0.25) is 4.79 Å². The van der Waals surface area contributed by atoms with Crippen LogP contribution >= 0.6 is 22.6 Å². The predicted molar refractivity (Wildman–Crippen MR) is 72.2 cm³/mol. The van der Waals surface area contributed by atoms with E-state index in [2.05, 4.69) is 36.4 Å². The first-order valence-corrected chi connectivity index (χ1v) is 6.45. The van der Waals surface area contributed by atoms with Gasteiger partial charge in [0.25, 0.3) is 5.56 Å². The molecule has 1 rings (SSSR count). The van der Waals surface area contributed by atoms with Crippen LogP contribution in [0.4, 0.5) is 0 Å². The number of hydrogen-bond donors (Lipinski definition) is 0. The van der Waals surface area contributed by atoms with Crippen molar-refractivity contribution in [3.05, 3.63) is 31.8 Å². The molecule has 0 radical (unpaired) electrons. The SMILES string of the molecule is Cc1cc(=O)n(CCCC(C)C)cc1I. The van der Waals surface area contributed by atoms with Crippen molar-refractivity contribution in [2.45, 2.75) is 40.2 Å². The van der Waals surface area contributed by atoms with E-state index >= 15 is 0 Å². The molecule has 0 aliphatic carbocycles. The molecule has 0 aliphatic heterocycles. The highest BCUT2D eigenvalue weighted by Gasteiger charge is 2.01. The maximum atomic E-state index is 11.6. The van der Waals surface area contributed by atoms with E-state index < -0.39 is 0 Å². The van der Waals surface area contributed by atoms with Crippen molar-refractivity contribution < 1.29 is 0 Å². The molecule has 0 aromatic carbocycles. The van der Waals surface area contributed by atoms with Gasteiger partial charge in [0.05, 0.1) is 0 Å². The first kappa shape index (κ1) is 12.7. The van der Waals surface area contributed by atoms with Crippen molar-refractivity contribution in [3.63, 3.8) is 0 Å². The molecule has 1 aromatic heterocycles. The van der Waals surface area contributed by atoms with Crippen LogP contribution in [-0.2, 0) is 6.54 Å². The lowest BCUT2D eigenvalue weighted by atomic mass is 10.1. The Labute approximate surface area is 105 Å². The molecule has 0 spiro atoms. The molecule has 0 atom stereocenters. The summed E-state index contributed by atoms with van der Waals surface area (Å²) in [7, 11) is 0. The van der Waals surface area contributed by atoms with Gasteiger partial charge < -0.3 is 4.57 Å². The van der Waals surface area contributed by atoms with Crippen molar-refractivity contribution in [2.24, 2.45) is 5.92 Å². The van der Waals surface area contributed by atoms with Crippen LogP contribution < -0.4 is 5.56 Å². The number of pyridine rings is 1. The second kappa shape index (κ2) is 5.68. The average Bonchev–Trinajstić information content (AvgIpc) is 2.13. The molecule has 0 N–H and O–H groups in total. The van der Waals surface area contributed by atoms with E-state index in [0.29, 0.717) is 5.92 Å². The van der Waals surface area contributed by atoms with Gasteiger partial charge in [-0.15, -0.1) is 0 Å². The summed E-state index contributed by atoms with van der Waals surface area (Å²) in [4.78, 5) is 11.6. The van der Waals surface area contributed by atoms with Crippen molar-refractivity contribution in [1.82, 2.24) is 4.57 Å². The van der Waals surface area contributed by atoms with E-state index in [1.807, 2.05) is 17.7 Å². The minimum absolute atomic E-state index is 0.122. The lowest BCUT2D eigenvalue weighted by molar-refractivity contribution is 0.505. The van der Waals surface area contributed by atoms with Crippen molar-refractivity contribution in [1.29, 1.82) is 0 Å². The number of aryl methyl sites for hydroxylation is 2. The van der Waals surface area contributed by atoms with Gasteiger partial charge in [0.1, 0.15) is 0 Å².